The van der Waals surface area contributed by atoms with E-state index >= 15 is 0 Å². The number of imidazole rings is 1. The number of rotatable bonds is 6. The molecule has 0 fully saturated rings. The molecular weight excluding hydrogens is 260 g/mol. The number of alkyl carbamates (subject to hydrolysis) is 1. The molecule has 2 amide bonds. The van der Waals surface area contributed by atoms with Gasteiger partial charge in [0.15, 0.2) is 0 Å². The average Bonchev–Trinajstić information content (AvgIpc) is 2.79. The van der Waals surface area contributed by atoms with Crippen LogP contribution >= 0.6 is 0 Å². The molecule has 7 nitrogen and oxygen atoms in total. The van der Waals surface area contributed by atoms with E-state index in [1.807, 2.05) is 0 Å². The van der Waals surface area contributed by atoms with Crippen LogP contribution in [-0.4, -0.2) is 40.7 Å². The first-order chi connectivity index (χ1) is 9.37. The van der Waals surface area contributed by atoms with E-state index < -0.39 is 11.7 Å². The first kappa shape index (κ1) is 16.0. The van der Waals surface area contributed by atoms with Gasteiger partial charge >= 0.3 is 6.09 Å². The number of carbonyl (C=O) groups excluding carboxylic acids is 2. The highest BCUT2D eigenvalue weighted by Crippen LogP contribution is 2.06. The molecule has 0 unspecified atom stereocenters. The zero-order valence-electron chi connectivity index (χ0n) is 12.2. The minimum Gasteiger partial charge on any atom is -0.444 e. The molecule has 0 aromatic carbocycles. The van der Waals surface area contributed by atoms with Gasteiger partial charge in [0.05, 0.1) is 12.0 Å². The van der Waals surface area contributed by atoms with Crippen LogP contribution in [0.1, 0.15) is 32.9 Å². The van der Waals surface area contributed by atoms with E-state index in [0.717, 1.165) is 5.69 Å². The summed E-state index contributed by atoms with van der Waals surface area (Å²) in [7, 11) is 0. The molecule has 3 N–H and O–H groups in total. The summed E-state index contributed by atoms with van der Waals surface area (Å²) in [6.45, 7) is 6.14. The maximum atomic E-state index is 11.5. The number of aromatic nitrogens is 2. The number of amides is 2. The van der Waals surface area contributed by atoms with Crippen molar-refractivity contribution in [3.05, 3.63) is 18.2 Å². The summed E-state index contributed by atoms with van der Waals surface area (Å²) >= 11 is 0. The fourth-order valence-corrected chi connectivity index (χ4v) is 1.44. The summed E-state index contributed by atoms with van der Waals surface area (Å²) < 4.78 is 5.06. The monoisotopic (exact) mass is 282 g/mol. The van der Waals surface area contributed by atoms with Crippen molar-refractivity contribution in [3.63, 3.8) is 0 Å². The van der Waals surface area contributed by atoms with Crippen molar-refractivity contribution in [2.24, 2.45) is 0 Å². The second kappa shape index (κ2) is 7.52. The van der Waals surface area contributed by atoms with Crippen molar-refractivity contribution in [1.29, 1.82) is 0 Å². The lowest BCUT2D eigenvalue weighted by molar-refractivity contribution is -0.120. The smallest absolute Gasteiger partial charge is 0.407 e. The van der Waals surface area contributed by atoms with Gasteiger partial charge < -0.3 is 20.4 Å². The van der Waals surface area contributed by atoms with Crippen molar-refractivity contribution in [1.82, 2.24) is 20.6 Å². The minimum absolute atomic E-state index is 0.114. The Labute approximate surface area is 118 Å². The van der Waals surface area contributed by atoms with Crippen LogP contribution in [0, 0.1) is 0 Å². The van der Waals surface area contributed by atoms with Gasteiger partial charge in [0.2, 0.25) is 5.91 Å². The Morgan fingerprint density at radius 3 is 2.65 bits per heavy atom. The van der Waals surface area contributed by atoms with Gasteiger partial charge in [-0.3, -0.25) is 4.79 Å². The van der Waals surface area contributed by atoms with Crippen molar-refractivity contribution in [3.8, 4) is 0 Å². The summed E-state index contributed by atoms with van der Waals surface area (Å²) in [5, 5.41) is 5.29. The molecule has 0 aliphatic rings. The van der Waals surface area contributed by atoms with Crippen molar-refractivity contribution < 1.29 is 14.3 Å². The Hall–Kier alpha value is -2.05. The van der Waals surface area contributed by atoms with Crippen LogP contribution in [0.3, 0.4) is 0 Å². The number of nitrogens with zero attached hydrogens (tertiary/aromatic N) is 1. The average molecular weight is 282 g/mol. The second-order valence-corrected chi connectivity index (χ2v) is 5.34. The molecule has 1 aromatic rings. The first-order valence-electron chi connectivity index (χ1n) is 6.58. The molecule has 0 atom stereocenters. The molecule has 1 aromatic heterocycles. The van der Waals surface area contributed by atoms with Gasteiger partial charge in [0, 0.05) is 32.1 Å². The Morgan fingerprint density at radius 2 is 2.05 bits per heavy atom. The fourth-order valence-electron chi connectivity index (χ4n) is 1.44. The Kier molecular flexibility index (Phi) is 6.02. The van der Waals surface area contributed by atoms with Crippen LogP contribution in [0.25, 0.3) is 0 Å². The van der Waals surface area contributed by atoms with Gasteiger partial charge in [-0.2, -0.15) is 0 Å². The zero-order valence-corrected chi connectivity index (χ0v) is 12.2. The number of carbonyl (C=O) groups is 2. The Balaban J connectivity index is 2.07. The number of ether oxygens (including phenoxy) is 1. The number of nitrogens with one attached hydrogen (secondary N) is 3. The van der Waals surface area contributed by atoms with Gasteiger partial charge in [-0.25, -0.2) is 9.78 Å². The molecule has 0 saturated carbocycles. The number of H-pyrrole nitrogens is 1. The molecule has 1 heterocycles. The molecule has 0 aliphatic carbocycles. The van der Waals surface area contributed by atoms with Crippen LogP contribution in [0.5, 0.6) is 0 Å². The van der Waals surface area contributed by atoms with Gasteiger partial charge in [0.25, 0.3) is 0 Å². The van der Waals surface area contributed by atoms with Crippen LogP contribution < -0.4 is 10.6 Å². The van der Waals surface area contributed by atoms with Gasteiger partial charge in [-0.15, -0.1) is 0 Å². The van der Waals surface area contributed by atoms with E-state index in [1.54, 1.807) is 33.3 Å². The largest absolute Gasteiger partial charge is 0.444 e. The summed E-state index contributed by atoms with van der Waals surface area (Å²) in [5.74, 6) is -0.114. The quantitative estimate of drug-likeness (QED) is 0.724. The highest BCUT2D eigenvalue weighted by Gasteiger charge is 2.15. The lowest BCUT2D eigenvalue weighted by atomic mass is 10.2. The normalized spacial score (nSPS) is 10.9. The Bertz CT molecular complexity index is 423. The molecule has 20 heavy (non-hydrogen) atoms. The third-order valence-corrected chi connectivity index (χ3v) is 2.28. The SMILES string of the molecule is CC(C)(C)OC(=O)NCCC(=O)NCCc1c[nH]cn1. The van der Waals surface area contributed by atoms with E-state index in [-0.39, 0.29) is 18.9 Å². The lowest BCUT2D eigenvalue weighted by Crippen LogP contribution is -2.35. The predicted octanol–water partition coefficient (Wildman–Crippen LogP) is 0.983. The maximum absolute atomic E-state index is 11.5. The third kappa shape index (κ3) is 7.40. The van der Waals surface area contributed by atoms with Gasteiger partial charge in [-0.1, -0.05) is 0 Å². The molecule has 0 spiro atoms. The predicted molar refractivity (Wildman–Crippen MR) is 74.2 cm³/mol. The molecule has 0 radical (unpaired) electrons. The van der Waals surface area contributed by atoms with Crippen LogP contribution in [0.2, 0.25) is 0 Å². The molecule has 7 heteroatoms. The van der Waals surface area contributed by atoms with Gasteiger partial charge in [0.1, 0.15) is 5.60 Å². The highest BCUT2D eigenvalue weighted by molar-refractivity contribution is 5.77. The van der Waals surface area contributed by atoms with E-state index in [2.05, 4.69) is 20.6 Å². The first-order valence-corrected chi connectivity index (χ1v) is 6.58. The van der Waals surface area contributed by atoms with E-state index in [4.69, 9.17) is 4.74 Å². The summed E-state index contributed by atoms with van der Waals surface area (Å²) in [5.41, 5.74) is 0.368. The van der Waals surface area contributed by atoms with E-state index in [9.17, 15) is 9.59 Å². The number of hydrogen-bond donors (Lipinski definition) is 3. The second-order valence-electron chi connectivity index (χ2n) is 5.34. The molecule has 1 rings (SSSR count). The molecule has 0 aliphatic heterocycles. The van der Waals surface area contributed by atoms with E-state index in [1.165, 1.54) is 0 Å². The van der Waals surface area contributed by atoms with Crippen LogP contribution in [0.15, 0.2) is 12.5 Å². The summed E-state index contributed by atoms with van der Waals surface area (Å²) in [6.07, 6.45) is 3.77. The van der Waals surface area contributed by atoms with Crippen molar-refractivity contribution >= 4 is 12.0 Å². The third-order valence-electron chi connectivity index (χ3n) is 2.28. The van der Waals surface area contributed by atoms with Crippen molar-refractivity contribution in [2.75, 3.05) is 13.1 Å². The Morgan fingerprint density at radius 1 is 1.30 bits per heavy atom. The number of aromatic amines is 1. The zero-order chi connectivity index (χ0) is 15.0. The number of hydrogen-bond acceptors (Lipinski definition) is 4. The molecule has 0 saturated heterocycles. The maximum Gasteiger partial charge on any atom is 0.407 e. The standard InChI is InChI=1S/C13H22N4O3/c1-13(2,3)20-12(19)16-7-5-11(18)15-6-4-10-8-14-9-17-10/h8-9H,4-7H2,1-3H3,(H,14,17)(H,15,18)(H,16,19). The van der Waals surface area contributed by atoms with Crippen LogP contribution in [-0.2, 0) is 16.0 Å². The van der Waals surface area contributed by atoms with Crippen molar-refractivity contribution in [2.45, 2.75) is 39.2 Å². The summed E-state index contributed by atoms with van der Waals surface area (Å²) in [6, 6.07) is 0. The van der Waals surface area contributed by atoms with Crippen LogP contribution in [0.4, 0.5) is 4.79 Å². The highest BCUT2D eigenvalue weighted by atomic mass is 16.6. The fraction of sp³-hybridized carbons (Fsp3) is 0.615. The molecule has 112 valence electrons. The summed E-state index contributed by atoms with van der Waals surface area (Å²) in [4.78, 5) is 29.7. The van der Waals surface area contributed by atoms with E-state index in [0.29, 0.717) is 13.0 Å². The lowest BCUT2D eigenvalue weighted by Gasteiger charge is -2.19. The molecular formula is C13H22N4O3. The topological polar surface area (TPSA) is 96.1 Å². The van der Waals surface area contributed by atoms with Gasteiger partial charge in [-0.05, 0) is 20.8 Å². The minimum atomic E-state index is -0.532. The molecule has 0 bridgehead atoms.